The van der Waals surface area contributed by atoms with Crippen LogP contribution in [0.2, 0.25) is 0 Å². The lowest BCUT2D eigenvalue weighted by atomic mass is 10.0. The molecule has 0 saturated heterocycles. The van der Waals surface area contributed by atoms with Crippen LogP contribution in [-0.2, 0) is 11.2 Å². The molecule has 5 rings (SSSR count). The molecule has 0 spiro atoms. The summed E-state index contributed by atoms with van der Waals surface area (Å²) in [5.74, 6) is -0.108. The van der Waals surface area contributed by atoms with Crippen LogP contribution in [0.4, 0.5) is 5.69 Å². The molecule has 3 aromatic heterocycles. The van der Waals surface area contributed by atoms with Crippen LogP contribution in [0, 0.1) is 0 Å². The summed E-state index contributed by atoms with van der Waals surface area (Å²) in [7, 11) is 0. The Bertz CT molecular complexity index is 1230. The van der Waals surface area contributed by atoms with Gasteiger partial charge in [0, 0.05) is 70.8 Å². The molecule has 0 fully saturated rings. The normalized spacial score (nSPS) is 14.3. The van der Waals surface area contributed by atoms with Gasteiger partial charge in [0.05, 0.1) is 0 Å². The molecular formula is C22H22N6O. The third-order valence-electron chi connectivity index (χ3n) is 5.46. The molecule has 7 heteroatoms. The summed E-state index contributed by atoms with van der Waals surface area (Å²) in [5, 5.41) is 8.61. The molecule has 29 heavy (non-hydrogen) atoms. The van der Waals surface area contributed by atoms with Gasteiger partial charge in [-0.15, -0.1) is 0 Å². The van der Waals surface area contributed by atoms with Crippen molar-refractivity contribution in [2.75, 3.05) is 18.4 Å². The Kier molecular flexibility index (Phi) is 4.29. The van der Waals surface area contributed by atoms with Gasteiger partial charge in [-0.05, 0) is 30.2 Å². The van der Waals surface area contributed by atoms with Crippen molar-refractivity contribution in [1.82, 2.24) is 20.3 Å². The van der Waals surface area contributed by atoms with Crippen molar-refractivity contribution in [2.45, 2.75) is 12.5 Å². The van der Waals surface area contributed by atoms with Gasteiger partial charge in [0.15, 0.2) is 0 Å². The number of anilines is 1. The molecule has 1 atom stereocenters. The first-order chi connectivity index (χ1) is 14.2. The van der Waals surface area contributed by atoms with Crippen molar-refractivity contribution in [3.8, 4) is 0 Å². The average molecular weight is 386 g/mol. The smallest absolute Gasteiger partial charge is 0.249 e. The van der Waals surface area contributed by atoms with Crippen LogP contribution in [0.3, 0.4) is 0 Å². The molecule has 1 aromatic carbocycles. The minimum atomic E-state index is -0.152. The topological polar surface area (TPSA) is 112 Å². The van der Waals surface area contributed by atoms with Gasteiger partial charge in [-0.2, -0.15) is 0 Å². The highest BCUT2D eigenvalue weighted by Crippen LogP contribution is 2.29. The first-order valence-corrected chi connectivity index (χ1v) is 9.69. The van der Waals surface area contributed by atoms with Gasteiger partial charge < -0.3 is 26.3 Å². The van der Waals surface area contributed by atoms with E-state index in [9.17, 15) is 4.79 Å². The lowest BCUT2D eigenvalue weighted by Gasteiger charge is -2.18. The number of rotatable bonds is 5. The fraction of sp³-hybridized carbons (Fsp3) is 0.182. The Morgan fingerprint density at radius 3 is 3.00 bits per heavy atom. The Balaban J connectivity index is 1.36. The minimum absolute atomic E-state index is 0.108. The van der Waals surface area contributed by atoms with Gasteiger partial charge in [-0.25, -0.2) is 4.98 Å². The monoisotopic (exact) mass is 386 g/mol. The summed E-state index contributed by atoms with van der Waals surface area (Å²) in [6.45, 7) is 0.814. The summed E-state index contributed by atoms with van der Waals surface area (Å²) in [4.78, 5) is 23.8. The number of nitrogens with zero attached hydrogens (tertiary/aromatic N) is 1. The van der Waals surface area contributed by atoms with Crippen molar-refractivity contribution in [3.63, 3.8) is 0 Å². The van der Waals surface area contributed by atoms with Crippen LogP contribution in [0.5, 0.6) is 0 Å². The standard InChI is InChI=1S/C22H22N6O/c23-9-16(8-13-10-25-18-4-2-1-3-17(13)18)28-22(29)15-7-14-11-27-21-20(14)19(26-12-15)5-6-24-21/h1-7,10-11,16,25-26H,8-9,12,23H2,(H,24,27)(H,28,29)/t16-/m0/s1. The van der Waals surface area contributed by atoms with Crippen LogP contribution in [0.1, 0.15) is 11.1 Å². The number of benzene rings is 1. The van der Waals surface area contributed by atoms with E-state index in [-0.39, 0.29) is 11.9 Å². The molecule has 0 unspecified atom stereocenters. The largest absolute Gasteiger partial charge is 0.380 e. The lowest BCUT2D eigenvalue weighted by molar-refractivity contribution is -0.118. The molecule has 4 aromatic rings. The number of aromatic nitrogens is 3. The van der Waals surface area contributed by atoms with Gasteiger partial charge >= 0.3 is 0 Å². The van der Waals surface area contributed by atoms with E-state index < -0.39 is 0 Å². The highest BCUT2D eigenvalue weighted by Gasteiger charge is 2.20. The Hall–Kier alpha value is -3.58. The van der Waals surface area contributed by atoms with E-state index in [4.69, 9.17) is 5.73 Å². The summed E-state index contributed by atoms with van der Waals surface area (Å²) in [6.07, 6.45) is 8.21. The number of amides is 1. The molecule has 4 heterocycles. The second-order valence-electron chi connectivity index (χ2n) is 7.32. The van der Waals surface area contributed by atoms with Crippen molar-refractivity contribution < 1.29 is 4.79 Å². The second-order valence-corrected chi connectivity index (χ2v) is 7.32. The lowest BCUT2D eigenvalue weighted by Crippen LogP contribution is -2.43. The summed E-state index contributed by atoms with van der Waals surface area (Å²) >= 11 is 0. The minimum Gasteiger partial charge on any atom is -0.380 e. The molecular weight excluding hydrogens is 364 g/mol. The van der Waals surface area contributed by atoms with Crippen LogP contribution in [0.15, 0.2) is 54.5 Å². The number of hydrogen-bond donors (Lipinski definition) is 5. The van der Waals surface area contributed by atoms with Crippen LogP contribution in [0.25, 0.3) is 28.0 Å². The maximum absolute atomic E-state index is 13.0. The quantitative estimate of drug-likeness (QED) is 0.363. The summed E-state index contributed by atoms with van der Waals surface area (Å²) in [6, 6.07) is 9.91. The Morgan fingerprint density at radius 1 is 1.21 bits per heavy atom. The van der Waals surface area contributed by atoms with Gasteiger partial charge in [-0.3, -0.25) is 4.79 Å². The van der Waals surface area contributed by atoms with E-state index in [0.29, 0.717) is 25.1 Å². The molecule has 0 radical (unpaired) electrons. The van der Waals surface area contributed by atoms with E-state index in [2.05, 4.69) is 31.7 Å². The fourth-order valence-corrected chi connectivity index (χ4v) is 3.96. The second kappa shape index (κ2) is 7.10. The highest BCUT2D eigenvalue weighted by atomic mass is 16.1. The van der Waals surface area contributed by atoms with Crippen molar-refractivity contribution in [3.05, 3.63) is 65.6 Å². The zero-order valence-electron chi connectivity index (χ0n) is 15.8. The fourth-order valence-electron chi connectivity index (χ4n) is 3.96. The molecule has 7 nitrogen and oxygen atoms in total. The van der Waals surface area contributed by atoms with E-state index in [1.54, 1.807) is 6.20 Å². The van der Waals surface area contributed by atoms with E-state index in [1.807, 2.05) is 42.7 Å². The number of carbonyl (C=O) groups excluding carboxylic acids is 1. The molecule has 1 aliphatic rings. The third-order valence-corrected chi connectivity index (χ3v) is 5.46. The molecule has 0 bridgehead atoms. The average Bonchev–Trinajstić information content (AvgIpc) is 3.29. The number of fused-ring (bicyclic) bond motifs is 1. The third kappa shape index (κ3) is 3.15. The maximum Gasteiger partial charge on any atom is 0.249 e. The molecule has 0 saturated carbocycles. The van der Waals surface area contributed by atoms with Gasteiger partial charge in [0.2, 0.25) is 5.91 Å². The first kappa shape index (κ1) is 17.5. The van der Waals surface area contributed by atoms with Gasteiger partial charge in [0.25, 0.3) is 0 Å². The maximum atomic E-state index is 13.0. The van der Waals surface area contributed by atoms with E-state index in [1.165, 1.54) is 0 Å². The van der Waals surface area contributed by atoms with Crippen molar-refractivity contribution in [1.29, 1.82) is 0 Å². The van der Waals surface area contributed by atoms with Gasteiger partial charge in [0.1, 0.15) is 5.65 Å². The number of para-hydroxylation sites is 1. The molecule has 146 valence electrons. The molecule has 0 aliphatic carbocycles. The van der Waals surface area contributed by atoms with Gasteiger partial charge in [-0.1, -0.05) is 18.2 Å². The molecule has 1 amide bonds. The number of aromatic amines is 2. The number of hydrogen-bond acceptors (Lipinski definition) is 4. The summed E-state index contributed by atoms with van der Waals surface area (Å²) < 4.78 is 0. The van der Waals surface area contributed by atoms with E-state index in [0.717, 1.165) is 38.8 Å². The SMILES string of the molecule is NC[C@H](Cc1c[nH]c2ccccc12)NC(=O)C1=Cc2c[nH]c3nccc(c23)NC1. The van der Waals surface area contributed by atoms with Crippen molar-refractivity contribution >= 4 is 39.6 Å². The number of carbonyl (C=O) groups is 1. The van der Waals surface area contributed by atoms with Crippen molar-refractivity contribution in [2.24, 2.45) is 5.73 Å². The first-order valence-electron chi connectivity index (χ1n) is 9.69. The number of pyridine rings is 1. The predicted molar refractivity (Wildman–Crippen MR) is 116 cm³/mol. The molecule has 6 N–H and O–H groups in total. The Morgan fingerprint density at radius 2 is 2.10 bits per heavy atom. The molecule has 1 aliphatic heterocycles. The Labute approximate surface area is 167 Å². The number of H-pyrrole nitrogens is 2. The zero-order valence-corrected chi connectivity index (χ0v) is 15.8. The van der Waals surface area contributed by atoms with Crippen LogP contribution in [-0.4, -0.2) is 40.0 Å². The van der Waals surface area contributed by atoms with Crippen LogP contribution < -0.4 is 16.4 Å². The zero-order chi connectivity index (χ0) is 19.8. The van der Waals surface area contributed by atoms with E-state index >= 15 is 0 Å². The predicted octanol–water partition coefficient (Wildman–Crippen LogP) is 2.54. The highest BCUT2D eigenvalue weighted by molar-refractivity contribution is 6.05. The van der Waals surface area contributed by atoms with Crippen LogP contribution >= 0.6 is 0 Å². The number of nitrogens with two attached hydrogens (primary N) is 1. The number of nitrogens with one attached hydrogen (secondary N) is 4. The summed E-state index contributed by atoms with van der Waals surface area (Å²) in [5.41, 5.74) is 11.6.